The second-order valence-electron chi connectivity index (χ2n) is 4.45. The molecule has 1 aromatic rings. The molecule has 0 aliphatic carbocycles. The molecular weight excluding hydrogens is 250 g/mol. The zero-order chi connectivity index (χ0) is 13.5. The van der Waals surface area contributed by atoms with Crippen molar-refractivity contribution < 1.29 is 9.53 Å². The first kappa shape index (κ1) is 14.8. The maximum absolute atomic E-state index is 11.2. The van der Waals surface area contributed by atoms with Crippen molar-refractivity contribution >= 4 is 17.5 Å². The van der Waals surface area contributed by atoms with Crippen LogP contribution in [0.3, 0.4) is 0 Å². The fourth-order valence-corrected chi connectivity index (χ4v) is 1.64. The molecule has 1 rings (SSSR count). The van der Waals surface area contributed by atoms with E-state index < -0.39 is 5.38 Å². The quantitative estimate of drug-likeness (QED) is 0.637. The average Bonchev–Trinajstić information content (AvgIpc) is 2.34. The maximum Gasteiger partial charge on any atom is 0.237 e. The van der Waals surface area contributed by atoms with Crippen LogP contribution in [-0.4, -0.2) is 24.4 Å². The summed E-state index contributed by atoms with van der Waals surface area (Å²) in [4.78, 5) is 11.2. The predicted molar refractivity (Wildman–Crippen MR) is 74.4 cm³/mol. The summed E-state index contributed by atoms with van der Waals surface area (Å²) in [7, 11) is 0. The first-order chi connectivity index (χ1) is 8.52. The Morgan fingerprint density at radius 2 is 2.00 bits per heavy atom. The standard InChI is InChI=1S/C14H20ClNO2/c1-10(2)12-6-4-5-7-13(12)18-9-8-16-14(17)11(3)15/h4-7,10-11H,8-9H2,1-3H3,(H,16,17). The summed E-state index contributed by atoms with van der Waals surface area (Å²) in [5.74, 6) is 1.12. The van der Waals surface area contributed by atoms with Crippen LogP contribution >= 0.6 is 11.6 Å². The molecule has 100 valence electrons. The molecule has 0 aliphatic rings. The van der Waals surface area contributed by atoms with Gasteiger partial charge in [-0.15, -0.1) is 11.6 Å². The molecule has 0 bridgehead atoms. The molecule has 0 spiro atoms. The van der Waals surface area contributed by atoms with E-state index in [4.69, 9.17) is 16.3 Å². The van der Waals surface area contributed by atoms with Gasteiger partial charge in [0.25, 0.3) is 0 Å². The van der Waals surface area contributed by atoms with E-state index in [9.17, 15) is 4.79 Å². The van der Waals surface area contributed by atoms with Gasteiger partial charge in [0.15, 0.2) is 0 Å². The van der Waals surface area contributed by atoms with Gasteiger partial charge in [0, 0.05) is 0 Å². The molecule has 0 radical (unpaired) electrons. The predicted octanol–water partition coefficient (Wildman–Crippen LogP) is 2.93. The van der Waals surface area contributed by atoms with Crippen molar-refractivity contribution in [2.75, 3.05) is 13.2 Å². The van der Waals surface area contributed by atoms with Gasteiger partial charge in [0.1, 0.15) is 17.7 Å². The third-order valence-electron chi connectivity index (χ3n) is 2.56. The number of para-hydroxylation sites is 1. The largest absolute Gasteiger partial charge is 0.491 e. The Kier molecular flexibility index (Phi) is 5.99. The second kappa shape index (κ2) is 7.27. The number of amides is 1. The molecule has 1 atom stereocenters. The monoisotopic (exact) mass is 269 g/mol. The molecule has 0 saturated heterocycles. The van der Waals surface area contributed by atoms with Crippen molar-refractivity contribution in [3.63, 3.8) is 0 Å². The smallest absolute Gasteiger partial charge is 0.237 e. The molecule has 3 nitrogen and oxygen atoms in total. The van der Waals surface area contributed by atoms with Gasteiger partial charge in [0.2, 0.25) is 5.91 Å². The van der Waals surface area contributed by atoms with Crippen LogP contribution < -0.4 is 10.1 Å². The summed E-state index contributed by atoms with van der Waals surface area (Å²) >= 11 is 5.64. The number of nitrogens with one attached hydrogen (secondary N) is 1. The summed E-state index contributed by atoms with van der Waals surface area (Å²) in [6.07, 6.45) is 0. The second-order valence-corrected chi connectivity index (χ2v) is 5.10. The van der Waals surface area contributed by atoms with Gasteiger partial charge in [-0.25, -0.2) is 0 Å². The number of halogens is 1. The average molecular weight is 270 g/mol. The molecule has 0 fully saturated rings. The zero-order valence-corrected chi connectivity index (χ0v) is 11.8. The molecule has 1 aromatic carbocycles. The van der Waals surface area contributed by atoms with Gasteiger partial charge in [-0.2, -0.15) is 0 Å². The lowest BCUT2D eigenvalue weighted by molar-refractivity contribution is -0.120. The van der Waals surface area contributed by atoms with E-state index in [0.717, 1.165) is 5.75 Å². The number of alkyl halides is 1. The van der Waals surface area contributed by atoms with Crippen molar-refractivity contribution in [1.82, 2.24) is 5.32 Å². The Bertz CT molecular complexity index is 391. The lowest BCUT2D eigenvalue weighted by atomic mass is 10.0. The number of hydrogen-bond donors (Lipinski definition) is 1. The van der Waals surface area contributed by atoms with E-state index in [1.807, 2.05) is 18.2 Å². The third kappa shape index (κ3) is 4.57. The van der Waals surface area contributed by atoms with Crippen molar-refractivity contribution in [2.45, 2.75) is 32.1 Å². The summed E-state index contributed by atoms with van der Waals surface area (Å²) < 4.78 is 5.67. The van der Waals surface area contributed by atoms with E-state index in [1.165, 1.54) is 5.56 Å². The number of carbonyl (C=O) groups is 1. The molecule has 0 aliphatic heterocycles. The first-order valence-electron chi connectivity index (χ1n) is 6.16. The van der Waals surface area contributed by atoms with Crippen molar-refractivity contribution in [2.24, 2.45) is 0 Å². The topological polar surface area (TPSA) is 38.3 Å². The molecule has 1 unspecified atom stereocenters. The van der Waals surface area contributed by atoms with E-state index in [0.29, 0.717) is 19.1 Å². The minimum Gasteiger partial charge on any atom is -0.491 e. The van der Waals surface area contributed by atoms with Crippen LogP contribution in [0.5, 0.6) is 5.75 Å². The highest BCUT2D eigenvalue weighted by Crippen LogP contribution is 2.25. The van der Waals surface area contributed by atoms with Crippen LogP contribution in [0.4, 0.5) is 0 Å². The minimum atomic E-state index is -0.507. The van der Waals surface area contributed by atoms with Crippen molar-refractivity contribution in [1.29, 1.82) is 0 Å². The fraction of sp³-hybridized carbons (Fsp3) is 0.500. The van der Waals surface area contributed by atoms with Crippen LogP contribution in [0, 0.1) is 0 Å². The van der Waals surface area contributed by atoms with Gasteiger partial charge in [-0.3, -0.25) is 4.79 Å². The van der Waals surface area contributed by atoms with E-state index in [2.05, 4.69) is 25.2 Å². The summed E-state index contributed by atoms with van der Waals surface area (Å²) in [5.41, 5.74) is 1.18. The Labute approximate surface area is 113 Å². The highest BCUT2D eigenvalue weighted by molar-refractivity contribution is 6.30. The summed E-state index contributed by atoms with van der Waals surface area (Å²) in [5, 5.41) is 2.20. The maximum atomic E-state index is 11.2. The van der Waals surface area contributed by atoms with Gasteiger partial charge < -0.3 is 10.1 Å². The SMILES string of the molecule is CC(Cl)C(=O)NCCOc1ccccc1C(C)C. The highest BCUT2D eigenvalue weighted by atomic mass is 35.5. The van der Waals surface area contributed by atoms with Crippen molar-refractivity contribution in [3.8, 4) is 5.75 Å². The molecule has 1 N–H and O–H groups in total. The van der Waals surface area contributed by atoms with Gasteiger partial charge >= 0.3 is 0 Å². The molecule has 1 amide bonds. The Morgan fingerprint density at radius 3 is 2.61 bits per heavy atom. The molecule has 18 heavy (non-hydrogen) atoms. The molecule has 0 saturated carbocycles. The van der Waals surface area contributed by atoms with Crippen LogP contribution in [0.2, 0.25) is 0 Å². The summed E-state index contributed by atoms with van der Waals surface area (Å²) in [6, 6.07) is 7.94. The van der Waals surface area contributed by atoms with Crippen LogP contribution in [0.15, 0.2) is 24.3 Å². The van der Waals surface area contributed by atoms with Crippen molar-refractivity contribution in [3.05, 3.63) is 29.8 Å². The molecular formula is C14H20ClNO2. The minimum absolute atomic E-state index is 0.169. The summed E-state index contributed by atoms with van der Waals surface area (Å²) in [6.45, 7) is 6.80. The van der Waals surface area contributed by atoms with E-state index in [-0.39, 0.29) is 5.91 Å². The molecule has 4 heteroatoms. The number of hydrogen-bond acceptors (Lipinski definition) is 2. The van der Waals surface area contributed by atoms with Gasteiger partial charge in [-0.1, -0.05) is 32.0 Å². The lowest BCUT2D eigenvalue weighted by Crippen LogP contribution is -2.33. The first-order valence-corrected chi connectivity index (χ1v) is 6.59. The van der Waals surface area contributed by atoms with E-state index in [1.54, 1.807) is 6.92 Å². The zero-order valence-electron chi connectivity index (χ0n) is 11.1. The number of benzene rings is 1. The third-order valence-corrected chi connectivity index (χ3v) is 2.76. The Balaban J connectivity index is 2.42. The number of rotatable bonds is 6. The van der Waals surface area contributed by atoms with Gasteiger partial charge in [-0.05, 0) is 24.5 Å². The number of carbonyl (C=O) groups excluding carboxylic acids is 1. The normalized spacial score (nSPS) is 12.3. The van der Waals surface area contributed by atoms with Gasteiger partial charge in [0.05, 0.1) is 6.54 Å². The number of ether oxygens (including phenoxy) is 1. The van der Waals surface area contributed by atoms with Crippen LogP contribution in [0.1, 0.15) is 32.3 Å². The van der Waals surface area contributed by atoms with E-state index >= 15 is 0 Å². The lowest BCUT2D eigenvalue weighted by Gasteiger charge is -2.14. The molecule has 0 aromatic heterocycles. The Morgan fingerprint density at radius 1 is 1.33 bits per heavy atom. The Hall–Kier alpha value is -1.22. The van der Waals surface area contributed by atoms with Crippen LogP contribution in [-0.2, 0) is 4.79 Å². The highest BCUT2D eigenvalue weighted by Gasteiger charge is 2.09. The fourth-order valence-electron chi connectivity index (χ4n) is 1.56. The van der Waals surface area contributed by atoms with Crippen LogP contribution in [0.25, 0.3) is 0 Å². The molecule has 0 heterocycles.